The second-order valence-electron chi connectivity index (χ2n) is 2.99. The van der Waals surface area contributed by atoms with Crippen LogP contribution in [-0.4, -0.2) is 17.4 Å². The summed E-state index contributed by atoms with van der Waals surface area (Å²) in [6, 6.07) is 0. The fourth-order valence-electron chi connectivity index (χ4n) is 1.39. The van der Waals surface area contributed by atoms with Gasteiger partial charge >= 0.3 is 6.16 Å². The zero-order chi connectivity index (χ0) is 8.81. The van der Waals surface area contributed by atoms with Crippen LogP contribution in [0.3, 0.4) is 0 Å². The maximum atomic E-state index is 10.2. The third-order valence-corrected chi connectivity index (χ3v) is 1.99. The highest BCUT2D eigenvalue weighted by molar-refractivity contribution is 5.57. The zero-order valence-corrected chi connectivity index (χ0v) is 7.03. The SMILES string of the molecule is O=C(O)OC1CCC=CCCC1. The minimum Gasteiger partial charge on any atom is -0.450 e. The van der Waals surface area contributed by atoms with Crippen LogP contribution < -0.4 is 0 Å². The third kappa shape index (κ3) is 3.42. The topological polar surface area (TPSA) is 46.5 Å². The zero-order valence-electron chi connectivity index (χ0n) is 7.03. The van der Waals surface area contributed by atoms with Crippen LogP contribution >= 0.6 is 0 Å². The molecule has 1 atom stereocenters. The van der Waals surface area contributed by atoms with E-state index in [1.807, 2.05) is 0 Å². The van der Waals surface area contributed by atoms with Crippen LogP contribution in [-0.2, 0) is 4.74 Å². The molecule has 0 radical (unpaired) electrons. The molecule has 1 unspecified atom stereocenters. The Morgan fingerprint density at radius 3 is 2.83 bits per heavy atom. The lowest BCUT2D eigenvalue weighted by Gasteiger charge is -2.15. The van der Waals surface area contributed by atoms with Gasteiger partial charge in [0.15, 0.2) is 0 Å². The molecule has 0 bridgehead atoms. The van der Waals surface area contributed by atoms with E-state index >= 15 is 0 Å². The van der Waals surface area contributed by atoms with E-state index in [1.165, 1.54) is 0 Å². The molecule has 1 rings (SSSR count). The number of carbonyl (C=O) groups is 1. The Morgan fingerprint density at radius 2 is 2.08 bits per heavy atom. The summed E-state index contributed by atoms with van der Waals surface area (Å²) < 4.78 is 4.71. The van der Waals surface area contributed by atoms with Crippen molar-refractivity contribution in [3.8, 4) is 0 Å². The van der Waals surface area contributed by atoms with Gasteiger partial charge in [0.25, 0.3) is 0 Å². The number of allylic oxidation sites excluding steroid dienone is 2. The molecule has 0 heterocycles. The maximum Gasteiger partial charge on any atom is 0.506 e. The summed E-state index contributed by atoms with van der Waals surface area (Å²) in [5.74, 6) is 0. The Bertz CT molecular complexity index is 175. The maximum absolute atomic E-state index is 10.2. The molecule has 3 nitrogen and oxygen atoms in total. The van der Waals surface area contributed by atoms with E-state index in [4.69, 9.17) is 9.84 Å². The lowest BCUT2D eigenvalue weighted by molar-refractivity contribution is 0.0438. The molecular formula is C9H14O3. The molecule has 1 N–H and O–H groups in total. The predicted octanol–water partition coefficient (Wildman–Crippen LogP) is 2.57. The number of ether oxygens (including phenoxy) is 1. The van der Waals surface area contributed by atoms with Gasteiger partial charge in [0.1, 0.15) is 6.10 Å². The van der Waals surface area contributed by atoms with Crippen LogP contribution in [0.5, 0.6) is 0 Å². The van der Waals surface area contributed by atoms with E-state index in [2.05, 4.69) is 12.2 Å². The summed E-state index contributed by atoms with van der Waals surface area (Å²) in [6.45, 7) is 0. The highest BCUT2D eigenvalue weighted by Crippen LogP contribution is 2.15. The Balaban J connectivity index is 2.32. The molecule has 0 fully saturated rings. The van der Waals surface area contributed by atoms with E-state index in [-0.39, 0.29) is 6.10 Å². The van der Waals surface area contributed by atoms with Crippen LogP contribution in [0.25, 0.3) is 0 Å². The van der Waals surface area contributed by atoms with E-state index in [9.17, 15) is 4.79 Å². The molecule has 0 amide bonds. The summed E-state index contributed by atoms with van der Waals surface area (Å²) in [4.78, 5) is 10.2. The second kappa shape index (κ2) is 4.80. The lowest BCUT2D eigenvalue weighted by Crippen LogP contribution is -2.17. The Kier molecular flexibility index (Phi) is 3.64. The van der Waals surface area contributed by atoms with Gasteiger partial charge in [-0.1, -0.05) is 12.2 Å². The van der Waals surface area contributed by atoms with Gasteiger partial charge in [0, 0.05) is 0 Å². The molecule has 12 heavy (non-hydrogen) atoms. The molecule has 0 saturated heterocycles. The van der Waals surface area contributed by atoms with Crippen molar-refractivity contribution in [1.29, 1.82) is 0 Å². The van der Waals surface area contributed by atoms with E-state index in [1.54, 1.807) is 0 Å². The van der Waals surface area contributed by atoms with Crippen molar-refractivity contribution in [2.24, 2.45) is 0 Å². The molecule has 0 saturated carbocycles. The monoisotopic (exact) mass is 170 g/mol. The van der Waals surface area contributed by atoms with Gasteiger partial charge < -0.3 is 9.84 Å². The molecule has 0 spiro atoms. The van der Waals surface area contributed by atoms with Gasteiger partial charge in [-0.2, -0.15) is 0 Å². The molecular weight excluding hydrogens is 156 g/mol. The van der Waals surface area contributed by atoms with E-state index < -0.39 is 6.16 Å². The van der Waals surface area contributed by atoms with E-state index in [0.29, 0.717) is 0 Å². The minimum absolute atomic E-state index is 0.0903. The average Bonchev–Trinajstić information content (AvgIpc) is 1.93. The normalized spacial score (nSPS) is 24.2. The minimum atomic E-state index is -1.15. The van der Waals surface area contributed by atoms with Gasteiger partial charge in [-0.25, -0.2) is 4.79 Å². The van der Waals surface area contributed by atoms with Gasteiger partial charge in [0.2, 0.25) is 0 Å². The Hall–Kier alpha value is -0.990. The van der Waals surface area contributed by atoms with Crippen molar-refractivity contribution in [3.63, 3.8) is 0 Å². The molecule has 0 aromatic carbocycles. The molecule has 1 aliphatic rings. The first kappa shape index (κ1) is 9.10. The van der Waals surface area contributed by atoms with Gasteiger partial charge in [-0.3, -0.25) is 0 Å². The summed E-state index contributed by atoms with van der Waals surface area (Å²) in [5, 5.41) is 8.39. The fraction of sp³-hybridized carbons (Fsp3) is 0.667. The second-order valence-corrected chi connectivity index (χ2v) is 2.99. The molecule has 0 aromatic rings. The van der Waals surface area contributed by atoms with E-state index in [0.717, 1.165) is 32.1 Å². The summed E-state index contributed by atoms with van der Waals surface area (Å²) in [6.07, 6.45) is 7.68. The largest absolute Gasteiger partial charge is 0.506 e. The summed E-state index contributed by atoms with van der Waals surface area (Å²) in [7, 11) is 0. The summed E-state index contributed by atoms with van der Waals surface area (Å²) in [5.41, 5.74) is 0. The first-order chi connectivity index (χ1) is 5.79. The number of carboxylic acid groups (broad SMARTS) is 1. The van der Waals surface area contributed by atoms with Gasteiger partial charge in [-0.15, -0.1) is 0 Å². The van der Waals surface area contributed by atoms with Crippen molar-refractivity contribution in [1.82, 2.24) is 0 Å². The highest BCUT2D eigenvalue weighted by atomic mass is 16.7. The van der Waals surface area contributed by atoms with Crippen molar-refractivity contribution >= 4 is 6.16 Å². The van der Waals surface area contributed by atoms with Crippen molar-refractivity contribution in [2.75, 3.05) is 0 Å². The summed E-state index contributed by atoms with van der Waals surface area (Å²) >= 11 is 0. The van der Waals surface area contributed by atoms with Crippen LogP contribution in [0.15, 0.2) is 12.2 Å². The lowest BCUT2D eigenvalue weighted by atomic mass is 10.0. The van der Waals surface area contributed by atoms with Crippen LogP contribution in [0, 0.1) is 0 Å². The first-order valence-corrected chi connectivity index (χ1v) is 4.33. The van der Waals surface area contributed by atoms with Gasteiger partial charge in [-0.05, 0) is 32.1 Å². The number of hydrogen-bond acceptors (Lipinski definition) is 2. The molecule has 0 aliphatic heterocycles. The number of rotatable bonds is 1. The van der Waals surface area contributed by atoms with Crippen molar-refractivity contribution in [2.45, 2.75) is 38.2 Å². The van der Waals surface area contributed by atoms with Crippen molar-refractivity contribution in [3.05, 3.63) is 12.2 Å². The molecule has 0 aromatic heterocycles. The Morgan fingerprint density at radius 1 is 1.33 bits per heavy atom. The van der Waals surface area contributed by atoms with Crippen LogP contribution in [0.4, 0.5) is 4.79 Å². The quantitative estimate of drug-likeness (QED) is 0.486. The van der Waals surface area contributed by atoms with Crippen LogP contribution in [0.1, 0.15) is 32.1 Å². The van der Waals surface area contributed by atoms with Crippen molar-refractivity contribution < 1.29 is 14.6 Å². The first-order valence-electron chi connectivity index (χ1n) is 4.33. The molecule has 3 heteroatoms. The number of hydrogen-bond donors (Lipinski definition) is 1. The molecule has 1 aliphatic carbocycles. The van der Waals surface area contributed by atoms with Crippen LogP contribution in [0.2, 0.25) is 0 Å². The smallest absolute Gasteiger partial charge is 0.450 e. The fourth-order valence-corrected chi connectivity index (χ4v) is 1.39. The third-order valence-electron chi connectivity index (χ3n) is 1.99. The Labute approximate surface area is 72.0 Å². The highest BCUT2D eigenvalue weighted by Gasteiger charge is 2.12. The molecule has 68 valence electrons. The standard InChI is InChI=1S/C9H14O3/c10-9(11)12-8-6-4-2-1-3-5-7-8/h1-2,8H,3-7H2,(H,10,11). The predicted molar refractivity (Wildman–Crippen MR) is 45.1 cm³/mol. The van der Waals surface area contributed by atoms with Gasteiger partial charge in [0.05, 0.1) is 0 Å². The average molecular weight is 170 g/mol.